The molecule has 0 aromatic rings. The molecule has 1 fully saturated rings. The molecular formula is C9H19NO2S. The monoisotopic (exact) mass is 205 g/mol. The Balaban J connectivity index is 2.02. The van der Waals surface area contributed by atoms with Crippen LogP contribution in [0.4, 0.5) is 0 Å². The van der Waals surface area contributed by atoms with Gasteiger partial charge in [-0.25, -0.2) is 0 Å². The van der Waals surface area contributed by atoms with Crippen molar-refractivity contribution in [2.24, 2.45) is 0 Å². The zero-order chi connectivity index (χ0) is 9.68. The number of ether oxygens (including phenoxy) is 1. The van der Waals surface area contributed by atoms with Crippen molar-refractivity contribution in [2.75, 3.05) is 26.0 Å². The van der Waals surface area contributed by atoms with E-state index in [1.807, 2.05) is 6.92 Å². The molecule has 0 aliphatic carbocycles. The summed E-state index contributed by atoms with van der Waals surface area (Å²) in [6.45, 7) is 4.63. The van der Waals surface area contributed by atoms with E-state index in [4.69, 9.17) is 4.74 Å². The Labute approximate surface area is 82.7 Å². The van der Waals surface area contributed by atoms with Crippen LogP contribution in [0.25, 0.3) is 0 Å². The lowest BCUT2D eigenvalue weighted by atomic mass is 10.2. The van der Waals surface area contributed by atoms with E-state index in [1.165, 1.54) is 6.42 Å². The van der Waals surface area contributed by atoms with Crippen LogP contribution in [0.1, 0.15) is 19.8 Å². The SMILES string of the molecule is CC(CNCC1CCCO1)S(C)=O. The zero-order valence-corrected chi connectivity index (χ0v) is 9.23. The van der Waals surface area contributed by atoms with E-state index in [9.17, 15) is 4.21 Å². The van der Waals surface area contributed by atoms with Crippen LogP contribution in [0.3, 0.4) is 0 Å². The molecule has 0 radical (unpaired) electrons. The second kappa shape index (κ2) is 5.73. The highest BCUT2D eigenvalue weighted by atomic mass is 32.2. The summed E-state index contributed by atoms with van der Waals surface area (Å²) < 4.78 is 16.5. The van der Waals surface area contributed by atoms with Crippen LogP contribution in [0.5, 0.6) is 0 Å². The molecule has 0 aromatic heterocycles. The van der Waals surface area contributed by atoms with Crippen LogP contribution < -0.4 is 5.32 Å². The summed E-state index contributed by atoms with van der Waals surface area (Å²) in [6, 6.07) is 0. The minimum Gasteiger partial charge on any atom is -0.377 e. The van der Waals surface area contributed by atoms with Gasteiger partial charge in [0, 0.05) is 42.0 Å². The van der Waals surface area contributed by atoms with E-state index in [0.29, 0.717) is 6.10 Å². The maximum atomic E-state index is 11.0. The van der Waals surface area contributed by atoms with Crippen LogP contribution >= 0.6 is 0 Å². The Kier molecular flexibility index (Phi) is 4.91. The van der Waals surface area contributed by atoms with Crippen molar-refractivity contribution < 1.29 is 8.95 Å². The topological polar surface area (TPSA) is 38.3 Å². The smallest absolute Gasteiger partial charge is 0.0700 e. The van der Waals surface area contributed by atoms with E-state index < -0.39 is 10.8 Å². The van der Waals surface area contributed by atoms with Gasteiger partial charge in [-0.1, -0.05) is 0 Å². The van der Waals surface area contributed by atoms with Gasteiger partial charge in [0.2, 0.25) is 0 Å². The first kappa shape index (κ1) is 11.1. The van der Waals surface area contributed by atoms with E-state index in [-0.39, 0.29) is 5.25 Å². The molecule has 3 unspecified atom stereocenters. The number of rotatable bonds is 5. The average molecular weight is 205 g/mol. The van der Waals surface area contributed by atoms with Gasteiger partial charge in [0.25, 0.3) is 0 Å². The van der Waals surface area contributed by atoms with E-state index >= 15 is 0 Å². The predicted molar refractivity (Wildman–Crippen MR) is 55.4 cm³/mol. The third kappa shape index (κ3) is 4.20. The first-order valence-electron chi connectivity index (χ1n) is 4.84. The number of hydrogen-bond acceptors (Lipinski definition) is 3. The Hall–Kier alpha value is 0.0700. The average Bonchev–Trinajstić information content (AvgIpc) is 2.56. The third-order valence-corrected chi connectivity index (χ3v) is 3.69. The van der Waals surface area contributed by atoms with E-state index in [0.717, 1.165) is 26.1 Å². The minimum absolute atomic E-state index is 0.237. The highest BCUT2D eigenvalue weighted by molar-refractivity contribution is 7.84. The van der Waals surface area contributed by atoms with Crippen molar-refractivity contribution in [3.05, 3.63) is 0 Å². The molecule has 4 heteroatoms. The van der Waals surface area contributed by atoms with Crippen molar-refractivity contribution in [3.63, 3.8) is 0 Å². The molecule has 1 saturated heterocycles. The van der Waals surface area contributed by atoms with Crippen LogP contribution in [0.2, 0.25) is 0 Å². The molecule has 3 nitrogen and oxygen atoms in total. The van der Waals surface area contributed by atoms with Gasteiger partial charge in [-0.15, -0.1) is 0 Å². The van der Waals surface area contributed by atoms with E-state index in [1.54, 1.807) is 6.26 Å². The molecule has 13 heavy (non-hydrogen) atoms. The lowest BCUT2D eigenvalue weighted by molar-refractivity contribution is 0.110. The fraction of sp³-hybridized carbons (Fsp3) is 1.00. The van der Waals surface area contributed by atoms with Gasteiger partial charge in [-0.2, -0.15) is 0 Å². The molecule has 1 aliphatic heterocycles. The van der Waals surface area contributed by atoms with Crippen LogP contribution in [-0.4, -0.2) is 41.5 Å². The van der Waals surface area contributed by atoms with Crippen molar-refractivity contribution in [2.45, 2.75) is 31.1 Å². The molecule has 1 aliphatic rings. The molecule has 0 amide bonds. The van der Waals surface area contributed by atoms with Crippen LogP contribution in [0.15, 0.2) is 0 Å². The van der Waals surface area contributed by atoms with Crippen LogP contribution in [-0.2, 0) is 15.5 Å². The van der Waals surface area contributed by atoms with Crippen molar-refractivity contribution in [3.8, 4) is 0 Å². The van der Waals surface area contributed by atoms with Crippen molar-refractivity contribution in [1.29, 1.82) is 0 Å². The van der Waals surface area contributed by atoms with Gasteiger partial charge in [0.15, 0.2) is 0 Å². The van der Waals surface area contributed by atoms with Crippen LogP contribution in [0, 0.1) is 0 Å². The fourth-order valence-corrected chi connectivity index (χ4v) is 1.72. The van der Waals surface area contributed by atoms with Gasteiger partial charge in [-0.3, -0.25) is 4.21 Å². The predicted octanol–water partition coefficient (Wildman–Crippen LogP) is 0.522. The summed E-state index contributed by atoms with van der Waals surface area (Å²) in [5.74, 6) is 0. The largest absolute Gasteiger partial charge is 0.377 e. The molecule has 1 N–H and O–H groups in total. The lowest BCUT2D eigenvalue weighted by Crippen LogP contribution is -2.33. The quantitative estimate of drug-likeness (QED) is 0.711. The Bertz CT molecular complexity index is 169. The molecule has 0 spiro atoms. The van der Waals surface area contributed by atoms with E-state index in [2.05, 4.69) is 5.32 Å². The molecule has 0 aromatic carbocycles. The van der Waals surface area contributed by atoms with Gasteiger partial charge in [0.05, 0.1) is 6.10 Å². The van der Waals surface area contributed by atoms with Crippen molar-refractivity contribution in [1.82, 2.24) is 5.32 Å². The first-order chi connectivity index (χ1) is 6.20. The summed E-state index contributed by atoms with van der Waals surface area (Å²) in [4.78, 5) is 0. The Morgan fingerprint density at radius 1 is 1.69 bits per heavy atom. The maximum Gasteiger partial charge on any atom is 0.0700 e. The second-order valence-corrected chi connectivity index (χ2v) is 5.40. The summed E-state index contributed by atoms with van der Waals surface area (Å²) in [5.41, 5.74) is 0. The molecule has 1 heterocycles. The molecule has 78 valence electrons. The number of hydrogen-bond donors (Lipinski definition) is 1. The zero-order valence-electron chi connectivity index (χ0n) is 8.41. The standard InChI is InChI=1S/C9H19NO2S/c1-8(13(2)11)6-10-7-9-4-3-5-12-9/h8-10H,3-7H2,1-2H3. The summed E-state index contributed by atoms with van der Waals surface area (Å²) >= 11 is 0. The third-order valence-electron chi connectivity index (χ3n) is 2.39. The Morgan fingerprint density at radius 2 is 2.46 bits per heavy atom. The number of nitrogens with one attached hydrogen (secondary N) is 1. The first-order valence-corrected chi connectivity index (χ1v) is 6.47. The molecule has 3 atom stereocenters. The lowest BCUT2D eigenvalue weighted by Gasteiger charge is -2.13. The summed E-state index contributed by atoms with van der Waals surface area (Å²) in [7, 11) is -0.717. The maximum absolute atomic E-state index is 11.0. The highest BCUT2D eigenvalue weighted by Crippen LogP contribution is 2.10. The second-order valence-electron chi connectivity index (χ2n) is 3.60. The highest BCUT2D eigenvalue weighted by Gasteiger charge is 2.15. The van der Waals surface area contributed by atoms with Gasteiger partial charge in [0.1, 0.15) is 0 Å². The van der Waals surface area contributed by atoms with Gasteiger partial charge < -0.3 is 10.1 Å². The summed E-state index contributed by atoms with van der Waals surface area (Å²) in [5, 5.41) is 3.53. The molecule has 0 saturated carbocycles. The summed E-state index contributed by atoms with van der Waals surface area (Å²) in [6.07, 6.45) is 4.48. The normalized spacial score (nSPS) is 27.4. The van der Waals surface area contributed by atoms with Gasteiger partial charge >= 0.3 is 0 Å². The molecule has 0 bridgehead atoms. The Morgan fingerprint density at radius 3 is 3.00 bits per heavy atom. The van der Waals surface area contributed by atoms with Gasteiger partial charge in [-0.05, 0) is 19.8 Å². The molecular weight excluding hydrogens is 186 g/mol. The minimum atomic E-state index is -0.717. The van der Waals surface area contributed by atoms with Crippen molar-refractivity contribution >= 4 is 10.8 Å². The molecule has 1 rings (SSSR count). The fourth-order valence-electron chi connectivity index (χ4n) is 1.37.